The summed E-state index contributed by atoms with van der Waals surface area (Å²) in [5.41, 5.74) is 0. The summed E-state index contributed by atoms with van der Waals surface area (Å²) >= 11 is 0. The number of likely N-dealkylation sites (N-methyl/N-ethyl adjacent to an activating group) is 2. The number of piperidine rings is 1. The van der Waals surface area contributed by atoms with Gasteiger partial charge in [-0.3, -0.25) is 4.79 Å². The van der Waals surface area contributed by atoms with E-state index in [1.54, 1.807) is 0 Å². The van der Waals surface area contributed by atoms with Gasteiger partial charge < -0.3 is 14.5 Å². The third kappa shape index (κ3) is 3.94. The van der Waals surface area contributed by atoms with Gasteiger partial charge in [-0.15, -0.1) is 0 Å². The predicted molar refractivity (Wildman–Crippen MR) is 79.4 cm³/mol. The Morgan fingerprint density at radius 1 is 1.38 bits per heavy atom. The molecule has 0 bridgehead atoms. The molecule has 0 radical (unpaired) electrons. The summed E-state index contributed by atoms with van der Waals surface area (Å²) in [6, 6.07) is 0.0713. The van der Waals surface area contributed by atoms with Gasteiger partial charge in [-0.1, -0.05) is 6.92 Å². The summed E-state index contributed by atoms with van der Waals surface area (Å²) in [5, 5.41) is 0. The molecule has 7 nitrogen and oxygen atoms in total. The van der Waals surface area contributed by atoms with Gasteiger partial charge >= 0.3 is 0 Å². The number of morpholine rings is 1. The molecule has 0 N–H and O–H groups in total. The fourth-order valence-corrected chi connectivity index (χ4v) is 3.30. The van der Waals surface area contributed by atoms with Crippen molar-refractivity contribution in [2.75, 3.05) is 52.6 Å². The van der Waals surface area contributed by atoms with Crippen molar-refractivity contribution in [2.45, 2.75) is 25.5 Å². The molecular formula is C13H25N3O4S. The van der Waals surface area contributed by atoms with E-state index in [0.717, 1.165) is 36.6 Å². The van der Waals surface area contributed by atoms with Crippen LogP contribution in [0.5, 0.6) is 0 Å². The average molecular weight is 319 g/mol. The van der Waals surface area contributed by atoms with Crippen LogP contribution in [0.15, 0.2) is 0 Å². The summed E-state index contributed by atoms with van der Waals surface area (Å²) in [7, 11) is -1.90. The van der Waals surface area contributed by atoms with Crippen LogP contribution in [0.2, 0.25) is 0 Å². The third-order valence-corrected chi connectivity index (χ3v) is 5.63. The van der Waals surface area contributed by atoms with E-state index >= 15 is 0 Å². The highest BCUT2D eigenvalue weighted by Crippen LogP contribution is 2.23. The van der Waals surface area contributed by atoms with Crippen LogP contribution < -0.4 is 0 Å². The number of ether oxygens (including phenoxy) is 1. The molecule has 2 atom stereocenters. The number of fused-ring (bicyclic) bond motifs is 1. The van der Waals surface area contributed by atoms with Crippen LogP contribution in [0.25, 0.3) is 0 Å². The molecule has 0 unspecified atom stereocenters. The molecule has 21 heavy (non-hydrogen) atoms. The van der Waals surface area contributed by atoms with Gasteiger partial charge in [-0.25, -0.2) is 8.42 Å². The number of hydrogen-bond acceptors (Lipinski definition) is 5. The molecule has 2 fully saturated rings. The van der Waals surface area contributed by atoms with Crippen LogP contribution >= 0.6 is 0 Å². The van der Waals surface area contributed by atoms with Crippen LogP contribution in [-0.4, -0.2) is 93.2 Å². The Morgan fingerprint density at radius 2 is 2.10 bits per heavy atom. The second kappa shape index (κ2) is 6.60. The SMILES string of the molecule is CCN1CC[C@@H]2[C@@H](C1)OCCN2C(=O)CN(C)S(C)(=O)=O. The number of carbonyl (C=O) groups excluding carboxylic acids is 1. The van der Waals surface area contributed by atoms with Gasteiger partial charge in [-0.05, 0) is 13.0 Å². The van der Waals surface area contributed by atoms with Crippen molar-refractivity contribution < 1.29 is 17.9 Å². The van der Waals surface area contributed by atoms with Crippen LogP contribution in [0.1, 0.15) is 13.3 Å². The first kappa shape index (κ1) is 16.7. The Kier molecular flexibility index (Phi) is 5.24. The fourth-order valence-electron chi connectivity index (χ4n) is 2.95. The highest BCUT2D eigenvalue weighted by molar-refractivity contribution is 7.88. The van der Waals surface area contributed by atoms with Gasteiger partial charge in [0, 0.05) is 26.7 Å². The van der Waals surface area contributed by atoms with Crippen LogP contribution in [-0.2, 0) is 19.6 Å². The van der Waals surface area contributed by atoms with Crippen LogP contribution in [0.4, 0.5) is 0 Å². The normalized spacial score (nSPS) is 27.7. The van der Waals surface area contributed by atoms with E-state index in [2.05, 4.69) is 11.8 Å². The van der Waals surface area contributed by atoms with E-state index in [1.807, 2.05) is 4.90 Å². The summed E-state index contributed by atoms with van der Waals surface area (Å²) in [6.07, 6.45) is 2.04. The van der Waals surface area contributed by atoms with Gasteiger partial charge in [0.2, 0.25) is 15.9 Å². The summed E-state index contributed by atoms with van der Waals surface area (Å²) in [6.45, 7) is 5.86. The van der Waals surface area contributed by atoms with E-state index in [4.69, 9.17) is 4.74 Å². The van der Waals surface area contributed by atoms with Gasteiger partial charge in [0.25, 0.3) is 0 Å². The fraction of sp³-hybridized carbons (Fsp3) is 0.923. The molecule has 2 heterocycles. The molecule has 0 spiro atoms. The second-order valence-corrected chi connectivity index (χ2v) is 7.85. The number of rotatable bonds is 4. The molecule has 0 aromatic carbocycles. The molecule has 2 saturated heterocycles. The highest BCUT2D eigenvalue weighted by Gasteiger charge is 2.39. The Bertz CT molecular complexity index is 482. The minimum Gasteiger partial charge on any atom is -0.373 e. The smallest absolute Gasteiger partial charge is 0.238 e. The first-order valence-electron chi connectivity index (χ1n) is 7.37. The lowest BCUT2D eigenvalue weighted by Crippen LogP contribution is -2.61. The largest absolute Gasteiger partial charge is 0.373 e. The Morgan fingerprint density at radius 3 is 2.71 bits per heavy atom. The van der Waals surface area contributed by atoms with Crippen molar-refractivity contribution in [3.8, 4) is 0 Å². The molecule has 122 valence electrons. The minimum atomic E-state index is -3.33. The number of likely N-dealkylation sites (tertiary alicyclic amines) is 1. The zero-order valence-corrected chi connectivity index (χ0v) is 13.8. The van der Waals surface area contributed by atoms with E-state index in [-0.39, 0.29) is 24.6 Å². The minimum absolute atomic E-state index is 0.0416. The van der Waals surface area contributed by atoms with Crippen molar-refractivity contribution in [1.29, 1.82) is 0 Å². The van der Waals surface area contributed by atoms with Crippen molar-refractivity contribution in [1.82, 2.24) is 14.1 Å². The predicted octanol–water partition coefficient (Wildman–Crippen LogP) is -0.801. The van der Waals surface area contributed by atoms with E-state index in [9.17, 15) is 13.2 Å². The number of amides is 1. The summed E-state index contributed by atoms with van der Waals surface area (Å²) in [4.78, 5) is 16.5. The number of carbonyl (C=O) groups is 1. The first-order chi connectivity index (χ1) is 9.82. The topological polar surface area (TPSA) is 70.2 Å². The second-order valence-electron chi connectivity index (χ2n) is 5.76. The van der Waals surface area contributed by atoms with Crippen molar-refractivity contribution in [3.63, 3.8) is 0 Å². The number of hydrogen-bond donors (Lipinski definition) is 0. The maximum Gasteiger partial charge on any atom is 0.238 e. The van der Waals surface area contributed by atoms with Gasteiger partial charge in [0.1, 0.15) is 0 Å². The monoisotopic (exact) mass is 319 g/mol. The highest BCUT2D eigenvalue weighted by atomic mass is 32.2. The van der Waals surface area contributed by atoms with Crippen LogP contribution in [0.3, 0.4) is 0 Å². The van der Waals surface area contributed by atoms with Gasteiger partial charge in [-0.2, -0.15) is 4.31 Å². The van der Waals surface area contributed by atoms with Gasteiger partial charge in [0.15, 0.2) is 0 Å². The molecule has 8 heteroatoms. The Hall–Kier alpha value is -0.700. The summed E-state index contributed by atoms with van der Waals surface area (Å²) < 4.78 is 29.8. The molecule has 2 aliphatic rings. The van der Waals surface area contributed by atoms with E-state index < -0.39 is 10.0 Å². The molecule has 0 aliphatic carbocycles. The molecule has 0 aromatic rings. The molecule has 2 rings (SSSR count). The number of nitrogens with zero attached hydrogens (tertiary/aromatic N) is 3. The molecule has 0 saturated carbocycles. The lowest BCUT2D eigenvalue weighted by Gasteiger charge is -2.46. The lowest BCUT2D eigenvalue weighted by atomic mass is 9.98. The quantitative estimate of drug-likeness (QED) is 0.678. The Balaban J connectivity index is 2.01. The first-order valence-corrected chi connectivity index (χ1v) is 9.22. The molecular weight excluding hydrogens is 294 g/mol. The molecule has 0 aromatic heterocycles. The zero-order valence-electron chi connectivity index (χ0n) is 13.0. The van der Waals surface area contributed by atoms with Gasteiger partial charge in [0.05, 0.1) is 31.6 Å². The molecule has 1 amide bonds. The zero-order chi connectivity index (χ0) is 15.6. The molecule has 2 aliphatic heterocycles. The summed E-state index contributed by atoms with van der Waals surface area (Å²) in [5.74, 6) is -0.133. The third-order valence-electron chi connectivity index (χ3n) is 4.36. The lowest BCUT2D eigenvalue weighted by molar-refractivity contribution is -0.152. The Labute approximate surface area is 126 Å². The van der Waals surface area contributed by atoms with E-state index in [1.165, 1.54) is 7.05 Å². The number of sulfonamides is 1. The average Bonchev–Trinajstić information content (AvgIpc) is 2.44. The van der Waals surface area contributed by atoms with E-state index in [0.29, 0.717) is 13.2 Å². The van der Waals surface area contributed by atoms with Crippen molar-refractivity contribution in [2.24, 2.45) is 0 Å². The maximum absolute atomic E-state index is 12.4. The van der Waals surface area contributed by atoms with Crippen molar-refractivity contribution >= 4 is 15.9 Å². The van der Waals surface area contributed by atoms with Crippen LogP contribution in [0, 0.1) is 0 Å². The van der Waals surface area contributed by atoms with Crippen molar-refractivity contribution in [3.05, 3.63) is 0 Å². The maximum atomic E-state index is 12.4. The standard InChI is InChI=1S/C13H25N3O4S/c1-4-15-6-5-11-12(9-15)20-8-7-16(11)13(17)10-14(2)21(3,18)19/h11-12H,4-10H2,1-3H3/t11-,12-/m1/s1.